The molecule has 1 saturated heterocycles. The third-order valence-corrected chi connectivity index (χ3v) is 5.02. The SMILES string of the molecule is CN(C(=O)c1cc(F)ccc1O)C1CCS(=O)(=O)C1. The number of halogens is 1. The lowest BCUT2D eigenvalue weighted by Crippen LogP contribution is -2.37. The van der Waals surface area contributed by atoms with Crippen molar-refractivity contribution >= 4 is 15.7 Å². The Morgan fingerprint density at radius 2 is 2.16 bits per heavy atom. The summed E-state index contributed by atoms with van der Waals surface area (Å²) in [5.74, 6) is -1.58. The van der Waals surface area contributed by atoms with Gasteiger partial charge in [0.05, 0.1) is 17.1 Å². The molecule has 0 radical (unpaired) electrons. The van der Waals surface area contributed by atoms with Gasteiger partial charge in [-0.2, -0.15) is 0 Å². The van der Waals surface area contributed by atoms with Gasteiger partial charge in [0.15, 0.2) is 9.84 Å². The molecule has 19 heavy (non-hydrogen) atoms. The average Bonchev–Trinajstić information content (AvgIpc) is 2.71. The van der Waals surface area contributed by atoms with Gasteiger partial charge < -0.3 is 10.0 Å². The molecule has 1 aromatic rings. The van der Waals surface area contributed by atoms with Crippen LogP contribution in [0.1, 0.15) is 16.8 Å². The second-order valence-electron chi connectivity index (χ2n) is 4.63. The first-order valence-electron chi connectivity index (χ1n) is 5.76. The lowest BCUT2D eigenvalue weighted by atomic mass is 10.1. The molecule has 1 aromatic carbocycles. The Morgan fingerprint density at radius 1 is 1.47 bits per heavy atom. The van der Waals surface area contributed by atoms with Crippen LogP contribution in [0.3, 0.4) is 0 Å². The predicted molar refractivity (Wildman–Crippen MR) is 67.2 cm³/mol. The molecule has 0 aliphatic carbocycles. The van der Waals surface area contributed by atoms with Crippen molar-refractivity contribution in [2.24, 2.45) is 0 Å². The molecule has 5 nitrogen and oxygen atoms in total. The topological polar surface area (TPSA) is 74.7 Å². The van der Waals surface area contributed by atoms with Crippen molar-refractivity contribution in [3.63, 3.8) is 0 Å². The van der Waals surface area contributed by atoms with E-state index in [1.54, 1.807) is 0 Å². The average molecular weight is 287 g/mol. The second kappa shape index (κ2) is 4.80. The second-order valence-corrected chi connectivity index (χ2v) is 6.86. The van der Waals surface area contributed by atoms with E-state index in [-0.39, 0.29) is 22.8 Å². The molecule has 1 aliphatic heterocycles. The molecule has 0 bridgehead atoms. The fourth-order valence-corrected chi connectivity index (χ4v) is 3.89. The van der Waals surface area contributed by atoms with Gasteiger partial charge in [-0.3, -0.25) is 4.79 Å². The number of nitrogens with zero attached hydrogens (tertiary/aromatic N) is 1. The van der Waals surface area contributed by atoms with Crippen LogP contribution in [0.15, 0.2) is 18.2 Å². The van der Waals surface area contributed by atoms with Gasteiger partial charge in [0.25, 0.3) is 5.91 Å². The Balaban J connectivity index is 2.22. The molecule has 1 unspecified atom stereocenters. The lowest BCUT2D eigenvalue weighted by molar-refractivity contribution is 0.0744. The summed E-state index contributed by atoms with van der Waals surface area (Å²) in [7, 11) is -1.65. The highest BCUT2D eigenvalue weighted by molar-refractivity contribution is 7.91. The van der Waals surface area contributed by atoms with Crippen molar-refractivity contribution in [3.8, 4) is 5.75 Å². The van der Waals surface area contributed by atoms with Crippen LogP contribution in [0, 0.1) is 5.82 Å². The molecule has 2 rings (SSSR count). The minimum atomic E-state index is -3.10. The van der Waals surface area contributed by atoms with Crippen LogP contribution in [0.2, 0.25) is 0 Å². The van der Waals surface area contributed by atoms with E-state index in [0.29, 0.717) is 6.42 Å². The van der Waals surface area contributed by atoms with Crippen LogP contribution in [0.5, 0.6) is 5.75 Å². The summed E-state index contributed by atoms with van der Waals surface area (Å²) < 4.78 is 35.8. The Bertz CT molecular complexity index is 614. The van der Waals surface area contributed by atoms with E-state index in [1.165, 1.54) is 11.9 Å². The Morgan fingerprint density at radius 3 is 2.74 bits per heavy atom. The zero-order valence-corrected chi connectivity index (χ0v) is 11.2. The van der Waals surface area contributed by atoms with Gasteiger partial charge in [-0.25, -0.2) is 12.8 Å². The molecule has 104 valence electrons. The molecular formula is C12H14FNO4S. The number of phenolic OH excluding ortho intramolecular Hbond substituents is 1. The molecule has 1 amide bonds. The predicted octanol–water partition coefficient (Wildman–Crippen LogP) is 0.790. The van der Waals surface area contributed by atoms with Gasteiger partial charge in [0, 0.05) is 13.1 Å². The third kappa shape index (κ3) is 2.86. The van der Waals surface area contributed by atoms with E-state index >= 15 is 0 Å². The Labute approximate surface area is 110 Å². The summed E-state index contributed by atoms with van der Waals surface area (Å²) in [6.07, 6.45) is 0.362. The fraction of sp³-hybridized carbons (Fsp3) is 0.417. The number of hydrogen-bond acceptors (Lipinski definition) is 4. The largest absolute Gasteiger partial charge is 0.507 e. The third-order valence-electron chi connectivity index (χ3n) is 3.27. The number of phenols is 1. The van der Waals surface area contributed by atoms with Gasteiger partial charge in [-0.05, 0) is 24.6 Å². The van der Waals surface area contributed by atoms with Crippen molar-refractivity contribution in [2.75, 3.05) is 18.6 Å². The summed E-state index contributed by atoms with van der Waals surface area (Å²) in [5, 5.41) is 9.57. The van der Waals surface area contributed by atoms with Crippen LogP contribution in [-0.4, -0.2) is 48.9 Å². The molecule has 7 heteroatoms. The molecular weight excluding hydrogens is 273 g/mol. The molecule has 1 N–H and O–H groups in total. The van der Waals surface area contributed by atoms with Gasteiger partial charge in [-0.15, -0.1) is 0 Å². The standard InChI is InChI=1S/C12H14FNO4S/c1-14(9-4-5-19(17,18)7-9)12(16)10-6-8(13)2-3-11(10)15/h2-3,6,9,15H,4-5,7H2,1H3. The number of carbonyl (C=O) groups is 1. The fourth-order valence-electron chi connectivity index (χ4n) is 2.12. The highest BCUT2D eigenvalue weighted by Gasteiger charge is 2.33. The lowest BCUT2D eigenvalue weighted by Gasteiger charge is -2.23. The highest BCUT2D eigenvalue weighted by atomic mass is 32.2. The van der Waals surface area contributed by atoms with Gasteiger partial charge in [0.2, 0.25) is 0 Å². The minimum Gasteiger partial charge on any atom is -0.507 e. The first kappa shape index (κ1) is 13.8. The number of benzene rings is 1. The number of sulfone groups is 1. The molecule has 1 aliphatic rings. The van der Waals surface area contributed by atoms with Gasteiger partial charge in [0.1, 0.15) is 11.6 Å². The van der Waals surface area contributed by atoms with E-state index in [0.717, 1.165) is 18.2 Å². The van der Waals surface area contributed by atoms with E-state index < -0.39 is 27.6 Å². The maximum atomic E-state index is 13.1. The van der Waals surface area contributed by atoms with E-state index in [2.05, 4.69) is 0 Å². The van der Waals surface area contributed by atoms with Crippen LogP contribution in [-0.2, 0) is 9.84 Å². The first-order chi connectivity index (χ1) is 8.80. The number of rotatable bonds is 2. The normalized spacial score (nSPS) is 21.3. The minimum absolute atomic E-state index is 0.0461. The summed E-state index contributed by atoms with van der Waals surface area (Å²) in [6, 6.07) is 2.66. The van der Waals surface area contributed by atoms with Crippen LogP contribution >= 0.6 is 0 Å². The van der Waals surface area contributed by atoms with Crippen molar-refractivity contribution in [2.45, 2.75) is 12.5 Å². The molecule has 0 aromatic heterocycles. The first-order valence-corrected chi connectivity index (χ1v) is 7.58. The molecule has 1 atom stereocenters. The number of aromatic hydroxyl groups is 1. The number of carbonyl (C=O) groups excluding carboxylic acids is 1. The van der Waals surface area contributed by atoms with Crippen molar-refractivity contribution in [1.82, 2.24) is 4.90 Å². The van der Waals surface area contributed by atoms with E-state index in [4.69, 9.17) is 0 Å². The van der Waals surface area contributed by atoms with Gasteiger partial charge >= 0.3 is 0 Å². The van der Waals surface area contributed by atoms with Crippen LogP contribution < -0.4 is 0 Å². The summed E-state index contributed by atoms with van der Waals surface area (Å²) >= 11 is 0. The Kier molecular flexibility index (Phi) is 3.49. The highest BCUT2D eigenvalue weighted by Crippen LogP contribution is 2.23. The van der Waals surface area contributed by atoms with Crippen LogP contribution in [0.25, 0.3) is 0 Å². The summed E-state index contributed by atoms with van der Waals surface area (Å²) in [4.78, 5) is 13.4. The monoisotopic (exact) mass is 287 g/mol. The number of hydrogen-bond donors (Lipinski definition) is 1. The maximum absolute atomic E-state index is 13.1. The summed E-state index contributed by atoms with van der Waals surface area (Å²) in [5.41, 5.74) is -0.160. The maximum Gasteiger partial charge on any atom is 0.257 e. The van der Waals surface area contributed by atoms with E-state index in [1.807, 2.05) is 0 Å². The Hall–Kier alpha value is -1.63. The molecule has 0 saturated carbocycles. The zero-order chi connectivity index (χ0) is 14.2. The van der Waals surface area contributed by atoms with Gasteiger partial charge in [-0.1, -0.05) is 0 Å². The van der Waals surface area contributed by atoms with Crippen molar-refractivity contribution in [1.29, 1.82) is 0 Å². The quantitative estimate of drug-likeness (QED) is 0.872. The van der Waals surface area contributed by atoms with E-state index in [9.17, 15) is 22.7 Å². The molecule has 1 fully saturated rings. The molecule has 1 heterocycles. The summed E-state index contributed by atoms with van der Waals surface area (Å²) in [6.45, 7) is 0. The number of amides is 1. The smallest absolute Gasteiger partial charge is 0.257 e. The molecule has 0 spiro atoms. The van der Waals surface area contributed by atoms with Crippen molar-refractivity contribution < 1.29 is 22.7 Å². The van der Waals surface area contributed by atoms with Crippen LogP contribution in [0.4, 0.5) is 4.39 Å². The zero-order valence-electron chi connectivity index (χ0n) is 10.3. The van der Waals surface area contributed by atoms with Crippen molar-refractivity contribution in [3.05, 3.63) is 29.6 Å².